The minimum atomic E-state index is -0.0786. The minimum absolute atomic E-state index is 0.0786. The topological polar surface area (TPSA) is 32.7 Å². The standard InChI is InChI=1S/C8H14N2O/c1-5-7(2)6-9-10(4)8(3)11/h6H,2,5H2,1,3-4H3/b9-6+. The molecule has 0 radical (unpaired) electrons. The molecule has 0 rings (SSSR count). The molecule has 0 aromatic rings. The number of carbonyl (C=O) groups excluding carboxylic acids is 1. The van der Waals surface area contributed by atoms with Crippen molar-refractivity contribution in [1.82, 2.24) is 5.01 Å². The molecule has 0 aliphatic rings. The van der Waals surface area contributed by atoms with Crippen molar-refractivity contribution in [3.8, 4) is 0 Å². The van der Waals surface area contributed by atoms with Crippen molar-refractivity contribution in [2.24, 2.45) is 5.10 Å². The van der Waals surface area contributed by atoms with Crippen LogP contribution in [0, 0.1) is 0 Å². The first-order chi connectivity index (χ1) is 5.07. The molecule has 0 bridgehead atoms. The van der Waals surface area contributed by atoms with Crippen molar-refractivity contribution in [3.05, 3.63) is 12.2 Å². The third-order valence-corrected chi connectivity index (χ3v) is 1.32. The highest BCUT2D eigenvalue weighted by molar-refractivity contribution is 5.80. The molecule has 0 aromatic heterocycles. The van der Waals surface area contributed by atoms with Crippen LogP contribution in [0.25, 0.3) is 0 Å². The monoisotopic (exact) mass is 154 g/mol. The third-order valence-electron chi connectivity index (χ3n) is 1.32. The van der Waals surface area contributed by atoms with Crippen LogP contribution in [0.1, 0.15) is 20.3 Å². The van der Waals surface area contributed by atoms with E-state index in [0.29, 0.717) is 0 Å². The van der Waals surface area contributed by atoms with E-state index in [1.165, 1.54) is 11.9 Å². The van der Waals surface area contributed by atoms with Crippen molar-refractivity contribution in [2.45, 2.75) is 20.3 Å². The molecule has 0 saturated carbocycles. The molecule has 0 spiro atoms. The van der Waals surface area contributed by atoms with Crippen molar-refractivity contribution in [2.75, 3.05) is 7.05 Å². The second kappa shape index (κ2) is 4.66. The summed E-state index contributed by atoms with van der Waals surface area (Å²) in [5, 5.41) is 5.13. The molecular formula is C8H14N2O. The number of amides is 1. The SMILES string of the molecule is C=C(/C=N/N(C)C(C)=O)CC. The van der Waals surface area contributed by atoms with Crippen LogP contribution in [-0.4, -0.2) is 24.2 Å². The second-order valence-corrected chi connectivity index (χ2v) is 2.30. The quantitative estimate of drug-likeness (QED) is 0.447. The lowest BCUT2D eigenvalue weighted by Gasteiger charge is -2.05. The molecule has 3 heteroatoms. The van der Waals surface area contributed by atoms with E-state index < -0.39 is 0 Å². The van der Waals surface area contributed by atoms with E-state index in [4.69, 9.17) is 0 Å². The predicted octanol–water partition coefficient (Wildman–Crippen LogP) is 1.42. The van der Waals surface area contributed by atoms with Gasteiger partial charge in [-0.15, -0.1) is 0 Å². The van der Waals surface area contributed by atoms with Gasteiger partial charge < -0.3 is 0 Å². The highest BCUT2D eigenvalue weighted by Crippen LogP contribution is 1.92. The van der Waals surface area contributed by atoms with Gasteiger partial charge in [0.15, 0.2) is 0 Å². The van der Waals surface area contributed by atoms with E-state index >= 15 is 0 Å². The van der Waals surface area contributed by atoms with Gasteiger partial charge in [0.05, 0.1) is 6.21 Å². The van der Waals surface area contributed by atoms with Crippen LogP contribution in [0.2, 0.25) is 0 Å². The number of nitrogens with zero attached hydrogens (tertiary/aromatic N) is 2. The number of hydrogen-bond acceptors (Lipinski definition) is 2. The van der Waals surface area contributed by atoms with Crippen LogP contribution < -0.4 is 0 Å². The molecule has 0 aliphatic carbocycles. The van der Waals surface area contributed by atoms with Gasteiger partial charge in [0, 0.05) is 14.0 Å². The molecule has 11 heavy (non-hydrogen) atoms. The minimum Gasteiger partial charge on any atom is -0.273 e. The summed E-state index contributed by atoms with van der Waals surface area (Å²) < 4.78 is 0. The van der Waals surface area contributed by atoms with E-state index in [9.17, 15) is 4.79 Å². The Morgan fingerprint density at radius 3 is 2.64 bits per heavy atom. The summed E-state index contributed by atoms with van der Waals surface area (Å²) in [5.41, 5.74) is 0.915. The highest BCUT2D eigenvalue weighted by atomic mass is 16.2. The third kappa shape index (κ3) is 4.31. The average Bonchev–Trinajstić information content (AvgIpc) is 1.99. The van der Waals surface area contributed by atoms with Gasteiger partial charge in [-0.25, -0.2) is 5.01 Å². The van der Waals surface area contributed by atoms with Crippen molar-refractivity contribution in [3.63, 3.8) is 0 Å². The smallest absolute Gasteiger partial charge is 0.239 e. The van der Waals surface area contributed by atoms with Gasteiger partial charge in [-0.2, -0.15) is 5.10 Å². The summed E-state index contributed by atoms with van der Waals surface area (Å²) >= 11 is 0. The lowest BCUT2D eigenvalue weighted by molar-refractivity contribution is -0.127. The first kappa shape index (κ1) is 9.88. The van der Waals surface area contributed by atoms with E-state index in [-0.39, 0.29) is 5.91 Å². The lowest BCUT2D eigenvalue weighted by atomic mass is 10.3. The predicted molar refractivity (Wildman–Crippen MR) is 46.4 cm³/mol. The Balaban J connectivity index is 3.92. The van der Waals surface area contributed by atoms with Gasteiger partial charge in [-0.05, 0) is 12.0 Å². The van der Waals surface area contributed by atoms with Crippen LogP contribution in [0.4, 0.5) is 0 Å². The maximum atomic E-state index is 10.6. The Kier molecular flexibility index (Phi) is 4.18. The van der Waals surface area contributed by atoms with Gasteiger partial charge in [0.25, 0.3) is 0 Å². The Morgan fingerprint density at radius 1 is 1.73 bits per heavy atom. The molecule has 0 fully saturated rings. The van der Waals surface area contributed by atoms with Crippen LogP contribution >= 0.6 is 0 Å². The van der Waals surface area contributed by atoms with Gasteiger partial charge >= 0.3 is 0 Å². The lowest BCUT2D eigenvalue weighted by Crippen LogP contribution is -2.17. The highest BCUT2D eigenvalue weighted by Gasteiger charge is 1.95. The number of allylic oxidation sites excluding steroid dienone is 1. The molecule has 0 atom stereocenters. The molecule has 0 N–H and O–H groups in total. The molecule has 0 aliphatic heterocycles. The summed E-state index contributed by atoms with van der Waals surface area (Å²) in [6, 6.07) is 0. The van der Waals surface area contributed by atoms with E-state index in [1.807, 2.05) is 6.92 Å². The first-order valence-corrected chi connectivity index (χ1v) is 3.54. The fourth-order valence-corrected chi connectivity index (χ4v) is 0.341. The molecular weight excluding hydrogens is 140 g/mol. The number of rotatable bonds is 3. The van der Waals surface area contributed by atoms with Gasteiger partial charge in [0.2, 0.25) is 5.91 Å². The Morgan fingerprint density at radius 2 is 2.27 bits per heavy atom. The van der Waals surface area contributed by atoms with Gasteiger partial charge in [-0.3, -0.25) is 4.79 Å². The zero-order chi connectivity index (χ0) is 8.85. The zero-order valence-corrected chi connectivity index (χ0v) is 7.29. The second-order valence-electron chi connectivity index (χ2n) is 2.30. The first-order valence-electron chi connectivity index (χ1n) is 3.54. The van der Waals surface area contributed by atoms with Crippen molar-refractivity contribution in [1.29, 1.82) is 0 Å². The summed E-state index contributed by atoms with van der Waals surface area (Å²) in [7, 11) is 1.61. The number of hydrogen-bond donors (Lipinski definition) is 0. The molecule has 62 valence electrons. The average molecular weight is 154 g/mol. The van der Waals surface area contributed by atoms with E-state index in [1.54, 1.807) is 13.3 Å². The zero-order valence-electron chi connectivity index (χ0n) is 7.29. The Labute approximate surface area is 67.4 Å². The summed E-state index contributed by atoms with van der Waals surface area (Å²) in [4.78, 5) is 10.6. The fourth-order valence-electron chi connectivity index (χ4n) is 0.341. The van der Waals surface area contributed by atoms with Crippen LogP contribution in [-0.2, 0) is 4.79 Å². The molecule has 1 amide bonds. The molecule has 0 heterocycles. The Hall–Kier alpha value is -1.12. The van der Waals surface area contributed by atoms with Crippen LogP contribution in [0.15, 0.2) is 17.3 Å². The maximum Gasteiger partial charge on any atom is 0.239 e. The van der Waals surface area contributed by atoms with Crippen molar-refractivity contribution < 1.29 is 4.79 Å². The fraction of sp³-hybridized carbons (Fsp3) is 0.500. The molecule has 0 saturated heterocycles. The van der Waals surface area contributed by atoms with Crippen LogP contribution in [0.5, 0.6) is 0 Å². The summed E-state index contributed by atoms with van der Waals surface area (Å²) in [5.74, 6) is -0.0786. The van der Waals surface area contributed by atoms with Crippen molar-refractivity contribution >= 4 is 12.1 Å². The Bertz CT molecular complexity index is 185. The number of hydrazone groups is 1. The summed E-state index contributed by atoms with van der Waals surface area (Å²) in [6.45, 7) is 7.17. The van der Waals surface area contributed by atoms with Gasteiger partial charge in [0.1, 0.15) is 0 Å². The molecule has 3 nitrogen and oxygen atoms in total. The molecule has 0 aromatic carbocycles. The molecule has 0 unspecified atom stereocenters. The van der Waals surface area contributed by atoms with E-state index in [0.717, 1.165) is 12.0 Å². The number of carbonyl (C=O) groups is 1. The summed E-state index contributed by atoms with van der Waals surface area (Å²) in [6.07, 6.45) is 2.46. The normalized spacial score (nSPS) is 10.1. The van der Waals surface area contributed by atoms with Crippen LogP contribution in [0.3, 0.4) is 0 Å². The van der Waals surface area contributed by atoms with Gasteiger partial charge in [-0.1, -0.05) is 13.5 Å². The largest absolute Gasteiger partial charge is 0.273 e. The maximum absolute atomic E-state index is 10.6. The van der Waals surface area contributed by atoms with E-state index in [2.05, 4.69) is 11.7 Å².